The molecule has 9 N–H and O–H groups in total. The van der Waals surface area contributed by atoms with Gasteiger partial charge in [0.1, 0.15) is 49.3 Å². The molecule has 0 spiro atoms. The average molecular weight is 625 g/mol. The Kier molecular flexibility index (Phi) is 11.0. The minimum Gasteiger partial charge on any atom is -0.504 e. The predicted molar refractivity (Wildman–Crippen MR) is 147 cm³/mol. The molecule has 0 aromatic heterocycles. The van der Waals surface area contributed by atoms with Gasteiger partial charge in [-0.25, -0.2) is 4.79 Å². The highest BCUT2D eigenvalue weighted by atomic mass is 16.7. The molecule has 4 rings (SSSR count). The van der Waals surface area contributed by atoms with Crippen molar-refractivity contribution in [3.8, 4) is 23.0 Å². The zero-order chi connectivity index (χ0) is 32.1. The fourth-order valence-corrected chi connectivity index (χ4v) is 4.66. The van der Waals surface area contributed by atoms with E-state index in [1.165, 1.54) is 43.3 Å². The van der Waals surface area contributed by atoms with Gasteiger partial charge in [0, 0.05) is 6.08 Å². The van der Waals surface area contributed by atoms with Gasteiger partial charge in [-0.05, 0) is 54.8 Å². The first-order valence-corrected chi connectivity index (χ1v) is 13.7. The van der Waals surface area contributed by atoms with Crippen molar-refractivity contribution in [2.24, 2.45) is 0 Å². The molecule has 0 radical (unpaired) electrons. The topological polar surface area (TPSA) is 245 Å². The first-order chi connectivity index (χ1) is 20.8. The molecule has 6 unspecified atom stereocenters. The number of ether oxygens (including phenoxy) is 5. The van der Waals surface area contributed by atoms with E-state index in [0.29, 0.717) is 11.1 Å². The number of phenols is 4. The Morgan fingerprint density at radius 2 is 1.48 bits per heavy atom. The molecule has 2 aliphatic rings. The highest BCUT2D eigenvalue weighted by Gasteiger charge is 2.50. The van der Waals surface area contributed by atoms with Crippen LogP contribution in [-0.2, 0) is 34.9 Å². The number of aliphatic hydroxyl groups is 5. The number of rotatable bonds is 10. The molecule has 2 aromatic carbocycles. The molecule has 15 nitrogen and oxygen atoms in total. The van der Waals surface area contributed by atoms with Crippen LogP contribution in [0.15, 0.2) is 42.5 Å². The van der Waals surface area contributed by atoms with E-state index in [4.69, 9.17) is 23.7 Å². The summed E-state index contributed by atoms with van der Waals surface area (Å²) >= 11 is 0. The van der Waals surface area contributed by atoms with Crippen molar-refractivity contribution < 1.29 is 74.4 Å². The molecular formula is C29H36O15. The van der Waals surface area contributed by atoms with Crippen molar-refractivity contribution in [1.29, 1.82) is 0 Å². The number of hydrogen-bond donors (Lipinski definition) is 9. The number of carbonyl (C=O) groups is 1. The van der Waals surface area contributed by atoms with Crippen LogP contribution in [0.2, 0.25) is 0 Å². The number of esters is 1. The van der Waals surface area contributed by atoms with Gasteiger partial charge in [-0.3, -0.25) is 0 Å². The molecule has 2 aromatic rings. The molecule has 0 bridgehead atoms. The molecule has 0 amide bonds. The molecule has 44 heavy (non-hydrogen) atoms. The second kappa shape index (κ2) is 14.5. The fourth-order valence-electron chi connectivity index (χ4n) is 4.66. The first-order valence-electron chi connectivity index (χ1n) is 13.7. The third-order valence-corrected chi connectivity index (χ3v) is 7.26. The number of hydrogen-bond acceptors (Lipinski definition) is 15. The maximum Gasteiger partial charge on any atom is 0.330 e. The second-order valence-electron chi connectivity index (χ2n) is 10.5. The van der Waals surface area contributed by atoms with Crippen molar-refractivity contribution >= 4 is 12.0 Å². The lowest BCUT2D eigenvalue weighted by Crippen LogP contribution is -2.64. The average Bonchev–Trinajstić information content (AvgIpc) is 2.99. The zero-order valence-electron chi connectivity index (χ0n) is 23.5. The molecule has 2 fully saturated rings. The third kappa shape index (κ3) is 7.95. The lowest BCUT2D eigenvalue weighted by Gasteiger charge is -2.45. The molecule has 0 saturated carbocycles. The first kappa shape index (κ1) is 33.4. The molecule has 0 aliphatic carbocycles. The van der Waals surface area contributed by atoms with Crippen LogP contribution in [-0.4, -0.2) is 127 Å². The van der Waals surface area contributed by atoms with Crippen molar-refractivity contribution in [2.45, 2.75) is 74.8 Å². The lowest BCUT2D eigenvalue weighted by atomic mass is 9.97. The van der Waals surface area contributed by atoms with Crippen LogP contribution in [0, 0.1) is 0 Å². The van der Waals surface area contributed by atoms with E-state index in [-0.39, 0.29) is 36.0 Å². The Balaban J connectivity index is 1.44. The van der Waals surface area contributed by atoms with Crippen molar-refractivity contribution in [3.63, 3.8) is 0 Å². The smallest absolute Gasteiger partial charge is 0.330 e. The maximum absolute atomic E-state index is 12.4. The Hall–Kier alpha value is -3.51. The molecule has 15 heteroatoms. The van der Waals surface area contributed by atoms with Crippen molar-refractivity contribution in [1.82, 2.24) is 0 Å². The van der Waals surface area contributed by atoms with Gasteiger partial charge in [0.25, 0.3) is 0 Å². The van der Waals surface area contributed by atoms with Gasteiger partial charge in [-0.15, -0.1) is 0 Å². The minimum atomic E-state index is -1.74. The summed E-state index contributed by atoms with van der Waals surface area (Å²) in [6, 6.07) is 8.05. The molecule has 2 heterocycles. The number of aromatic hydroxyl groups is 4. The Morgan fingerprint density at radius 1 is 0.795 bits per heavy atom. The Labute approximate surface area is 251 Å². The summed E-state index contributed by atoms with van der Waals surface area (Å²) in [6.07, 6.45) is -12.5. The largest absolute Gasteiger partial charge is 0.504 e. The maximum atomic E-state index is 12.4. The van der Waals surface area contributed by atoms with Gasteiger partial charge in [-0.2, -0.15) is 0 Å². The van der Waals surface area contributed by atoms with E-state index in [0.717, 1.165) is 6.08 Å². The second-order valence-corrected chi connectivity index (χ2v) is 10.5. The number of carbonyl (C=O) groups excluding carboxylic acids is 1. The molecular weight excluding hydrogens is 588 g/mol. The number of benzene rings is 2. The quantitative estimate of drug-likeness (QED) is 0.0873. The standard InChI is InChI=1S/C29H36O15/c1-13-22(35)24(37)25(38)29(42-13)44-27-23(36)20(12-41-21(34)7-4-14-2-5-16(30)18(32)10-14)43-28(26(27)39)40-9-8-15-3-6-17(31)19(33)11-15/h2-7,10-11,13,20,22-33,35-39H,8-9,12H2,1H3/b7-4+/t13?,20?,22-,23-,24?,25?,26?,27?,28-,29+/m1/s1. The minimum absolute atomic E-state index is 0.0754. The van der Waals surface area contributed by atoms with Gasteiger partial charge in [-0.1, -0.05) is 12.1 Å². The summed E-state index contributed by atoms with van der Waals surface area (Å²) in [6.45, 7) is 0.804. The molecule has 2 aliphatic heterocycles. The summed E-state index contributed by atoms with van der Waals surface area (Å²) in [5.74, 6) is -2.23. The summed E-state index contributed by atoms with van der Waals surface area (Å²) in [4.78, 5) is 12.4. The van der Waals surface area contributed by atoms with E-state index in [2.05, 4.69) is 0 Å². The number of aliphatic hydroxyl groups excluding tert-OH is 5. The predicted octanol–water partition coefficient (Wildman–Crippen LogP) is -1.02. The normalized spacial score (nSPS) is 32.5. The molecule has 10 atom stereocenters. The van der Waals surface area contributed by atoms with Crippen LogP contribution in [0.4, 0.5) is 0 Å². The summed E-state index contributed by atoms with van der Waals surface area (Å²) < 4.78 is 27.7. The van der Waals surface area contributed by atoms with E-state index >= 15 is 0 Å². The zero-order valence-corrected chi connectivity index (χ0v) is 23.5. The van der Waals surface area contributed by atoms with Crippen molar-refractivity contribution in [2.75, 3.05) is 13.2 Å². The molecule has 2 saturated heterocycles. The van der Waals surface area contributed by atoms with E-state index in [1.807, 2.05) is 0 Å². The summed E-state index contributed by atoms with van der Waals surface area (Å²) in [7, 11) is 0. The summed E-state index contributed by atoms with van der Waals surface area (Å²) in [5.41, 5.74) is 0.962. The van der Waals surface area contributed by atoms with Gasteiger partial charge in [0.2, 0.25) is 0 Å². The van der Waals surface area contributed by atoms with Crippen LogP contribution in [0.25, 0.3) is 6.08 Å². The van der Waals surface area contributed by atoms with Gasteiger partial charge in [0.15, 0.2) is 35.6 Å². The van der Waals surface area contributed by atoms with Gasteiger partial charge in [0.05, 0.1) is 12.7 Å². The SMILES string of the molecule is CC1O[C@@H](OC2C(O)[C@H](OCCc3ccc(O)c(O)c3)OC(COC(=O)/C=C/c3ccc(O)c(O)c3)[C@H]2O)C(O)C(O)[C@@H]1O. The number of phenolic OH excluding ortho intramolecular Hbond substituents is 4. The van der Waals surface area contributed by atoms with Crippen LogP contribution in [0.3, 0.4) is 0 Å². The Morgan fingerprint density at radius 3 is 2.16 bits per heavy atom. The highest BCUT2D eigenvalue weighted by molar-refractivity contribution is 5.87. The van der Waals surface area contributed by atoms with Crippen LogP contribution < -0.4 is 0 Å². The van der Waals surface area contributed by atoms with Crippen LogP contribution in [0.1, 0.15) is 18.1 Å². The fraction of sp³-hybridized carbons (Fsp3) is 0.483. The lowest BCUT2D eigenvalue weighted by molar-refractivity contribution is -0.357. The van der Waals surface area contributed by atoms with Crippen molar-refractivity contribution in [3.05, 3.63) is 53.6 Å². The van der Waals surface area contributed by atoms with Gasteiger partial charge >= 0.3 is 5.97 Å². The van der Waals surface area contributed by atoms with E-state index < -0.39 is 74.0 Å². The molecule has 242 valence electrons. The Bertz CT molecular complexity index is 1300. The van der Waals surface area contributed by atoms with Crippen LogP contribution in [0.5, 0.6) is 23.0 Å². The third-order valence-electron chi connectivity index (χ3n) is 7.26. The van der Waals surface area contributed by atoms with E-state index in [9.17, 15) is 50.8 Å². The monoisotopic (exact) mass is 624 g/mol. The summed E-state index contributed by atoms with van der Waals surface area (Å²) in [5, 5.41) is 90.8. The van der Waals surface area contributed by atoms with Crippen LogP contribution >= 0.6 is 0 Å². The van der Waals surface area contributed by atoms with Gasteiger partial charge < -0.3 is 69.6 Å². The van der Waals surface area contributed by atoms with E-state index in [1.54, 1.807) is 6.07 Å². The highest BCUT2D eigenvalue weighted by Crippen LogP contribution is 2.31.